The SMILES string of the molecule is NC(=O)COc1ccc(NC(=O)NCCc2ccccc2F)cc1. The fourth-order valence-corrected chi connectivity index (χ4v) is 1.98. The van der Waals surface area contributed by atoms with Crippen molar-refractivity contribution in [2.45, 2.75) is 6.42 Å². The smallest absolute Gasteiger partial charge is 0.319 e. The van der Waals surface area contributed by atoms with E-state index in [0.29, 0.717) is 30.0 Å². The molecule has 0 saturated heterocycles. The van der Waals surface area contributed by atoms with Gasteiger partial charge in [-0.15, -0.1) is 0 Å². The van der Waals surface area contributed by atoms with Gasteiger partial charge >= 0.3 is 6.03 Å². The highest BCUT2D eigenvalue weighted by molar-refractivity contribution is 5.89. The Morgan fingerprint density at radius 2 is 1.79 bits per heavy atom. The highest BCUT2D eigenvalue weighted by Gasteiger charge is 2.04. The van der Waals surface area contributed by atoms with Crippen LogP contribution in [-0.4, -0.2) is 25.1 Å². The van der Waals surface area contributed by atoms with Gasteiger partial charge in [0.15, 0.2) is 6.61 Å². The molecule has 0 fully saturated rings. The molecule has 0 spiro atoms. The molecule has 7 heteroatoms. The van der Waals surface area contributed by atoms with Crippen LogP contribution >= 0.6 is 0 Å². The summed E-state index contributed by atoms with van der Waals surface area (Å²) in [5.41, 5.74) is 6.09. The summed E-state index contributed by atoms with van der Waals surface area (Å²) in [5, 5.41) is 5.30. The van der Waals surface area contributed by atoms with E-state index in [4.69, 9.17) is 10.5 Å². The molecule has 6 nitrogen and oxygen atoms in total. The van der Waals surface area contributed by atoms with Crippen LogP contribution in [0.1, 0.15) is 5.56 Å². The van der Waals surface area contributed by atoms with E-state index in [0.717, 1.165) is 0 Å². The first kappa shape index (κ1) is 17.3. The van der Waals surface area contributed by atoms with Gasteiger partial charge in [-0.25, -0.2) is 9.18 Å². The van der Waals surface area contributed by atoms with Crippen molar-refractivity contribution in [2.24, 2.45) is 5.73 Å². The monoisotopic (exact) mass is 331 g/mol. The normalized spacial score (nSPS) is 10.0. The zero-order valence-corrected chi connectivity index (χ0v) is 12.9. The summed E-state index contributed by atoms with van der Waals surface area (Å²) in [6, 6.07) is 12.5. The lowest BCUT2D eigenvalue weighted by atomic mass is 10.1. The number of ether oxygens (including phenoxy) is 1. The second-order valence-corrected chi connectivity index (χ2v) is 5.00. The number of halogens is 1. The zero-order chi connectivity index (χ0) is 17.4. The topological polar surface area (TPSA) is 93.5 Å². The predicted octanol–water partition coefficient (Wildman–Crippen LogP) is 2.05. The van der Waals surface area contributed by atoms with Gasteiger partial charge in [0.05, 0.1) is 0 Å². The van der Waals surface area contributed by atoms with Crippen molar-refractivity contribution in [2.75, 3.05) is 18.5 Å². The maximum Gasteiger partial charge on any atom is 0.319 e. The van der Waals surface area contributed by atoms with Crippen molar-refractivity contribution in [3.63, 3.8) is 0 Å². The molecule has 0 unspecified atom stereocenters. The Balaban J connectivity index is 1.76. The molecule has 0 aliphatic heterocycles. The number of benzene rings is 2. The molecule has 24 heavy (non-hydrogen) atoms. The largest absolute Gasteiger partial charge is 0.484 e. The van der Waals surface area contributed by atoms with Crippen LogP contribution < -0.4 is 21.1 Å². The van der Waals surface area contributed by atoms with Gasteiger partial charge in [0.1, 0.15) is 11.6 Å². The molecule has 3 amide bonds. The van der Waals surface area contributed by atoms with Crippen LogP contribution in [0, 0.1) is 5.82 Å². The van der Waals surface area contributed by atoms with Crippen LogP contribution in [0.3, 0.4) is 0 Å². The number of rotatable bonds is 7. The average Bonchev–Trinajstić information content (AvgIpc) is 2.56. The minimum Gasteiger partial charge on any atom is -0.484 e. The molecule has 126 valence electrons. The van der Waals surface area contributed by atoms with Gasteiger partial charge in [0.2, 0.25) is 0 Å². The van der Waals surface area contributed by atoms with Crippen LogP contribution in [0.2, 0.25) is 0 Å². The Morgan fingerprint density at radius 3 is 2.46 bits per heavy atom. The Morgan fingerprint density at radius 1 is 1.08 bits per heavy atom. The fourth-order valence-electron chi connectivity index (χ4n) is 1.98. The maximum absolute atomic E-state index is 13.4. The Labute approximate surface area is 138 Å². The summed E-state index contributed by atoms with van der Waals surface area (Å²) in [4.78, 5) is 22.4. The quantitative estimate of drug-likeness (QED) is 0.725. The minimum absolute atomic E-state index is 0.205. The summed E-state index contributed by atoms with van der Waals surface area (Å²) in [6.07, 6.45) is 0.403. The summed E-state index contributed by atoms with van der Waals surface area (Å²) < 4.78 is 18.6. The molecule has 0 bridgehead atoms. The van der Waals surface area contributed by atoms with E-state index in [9.17, 15) is 14.0 Å². The third-order valence-electron chi connectivity index (χ3n) is 3.13. The van der Waals surface area contributed by atoms with Crippen LogP contribution in [0.15, 0.2) is 48.5 Å². The van der Waals surface area contributed by atoms with Gasteiger partial charge in [-0.05, 0) is 42.3 Å². The zero-order valence-electron chi connectivity index (χ0n) is 12.9. The van der Waals surface area contributed by atoms with E-state index < -0.39 is 11.9 Å². The summed E-state index contributed by atoms with van der Waals surface area (Å²) >= 11 is 0. The number of amides is 3. The summed E-state index contributed by atoms with van der Waals surface area (Å²) in [5.74, 6) is -0.378. The average molecular weight is 331 g/mol. The summed E-state index contributed by atoms with van der Waals surface area (Å²) in [6.45, 7) is 0.107. The van der Waals surface area contributed by atoms with Crippen LogP contribution in [0.4, 0.5) is 14.9 Å². The lowest BCUT2D eigenvalue weighted by molar-refractivity contribution is -0.119. The lowest BCUT2D eigenvalue weighted by Crippen LogP contribution is -2.30. The number of nitrogens with one attached hydrogen (secondary N) is 2. The molecule has 0 aromatic heterocycles. The molecular formula is C17H18FN3O3. The van der Waals surface area contributed by atoms with E-state index in [1.807, 2.05) is 0 Å². The van der Waals surface area contributed by atoms with Crippen molar-refractivity contribution in [1.29, 1.82) is 0 Å². The van der Waals surface area contributed by atoms with Crippen molar-refractivity contribution < 1.29 is 18.7 Å². The van der Waals surface area contributed by atoms with E-state index in [2.05, 4.69) is 10.6 Å². The number of primary amides is 1. The molecule has 0 atom stereocenters. The fraction of sp³-hybridized carbons (Fsp3) is 0.176. The first-order valence-corrected chi connectivity index (χ1v) is 7.34. The number of carbonyl (C=O) groups is 2. The van der Waals surface area contributed by atoms with Gasteiger partial charge in [0.25, 0.3) is 5.91 Å². The molecule has 2 aromatic rings. The van der Waals surface area contributed by atoms with Gasteiger partial charge in [-0.3, -0.25) is 4.79 Å². The van der Waals surface area contributed by atoms with Crippen molar-refractivity contribution in [3.05, 3.63) is 59.9 Å². The molecule has 0 radical (unpaired) electrons. The maximum atomic E-state index is 13.4. The van der Waals surface area contributed by atoms with Crippen molar-refractivity contribution >= 4 is 17.6 Å². The van der Waals surface area contributed by atoms with E-state index in [-0.39, 0.29) is 12.4 Å². The van der Waals surface area contributed by atoms with Crippen LogP contribution in [0.25, 0.3) is 0 Å². The number of urea groups is 1. The molecule has 0 saturated carbocycles. The van der Waals surface area contributed by atoms with Gasteiger partial charge in [-0.1, -0.05) is 18.2 Å². The van der Waals surface area contributed by atoms with Gasteiger partial charge < -0.3 is 21.1 Å². The highest BCUT2D eigenvalue weighted by atomic mass is 19.1. The highest BCUT2D eigenvalue weighted by Crippen LogP contribution is 2.15. The van der Waals surface area contributed by atoms with E-state index in [1.54, 1.807) is 42.5 Å². The molecule has 2 rings (SSSR count). The standard InChI is InChI=1S/C17H18FN3O3/c18-15-4-2-1-3-12(15)9-10-20-17(23)21-13-5-7-14(8-6-13)24-11-16(19)22/h1-8H,9-11H2,(H2,19,22)(H2,20,21,23). The van der Waals surface area contributed by atoms with Crippen LogP contribution in [-0.2, 0) is 11.2 Å². The molecule has 2 aromatic carbocycles. The van der Waals surface area contributed by atoms with Crippen molar-refractivity contribution in [1.82, 2.24) is 5.32 Å². The van der Waals surface area contributed by atoms with Crippen molar-refractivity contribution in [3.8, 4) is 5.75 Å². The Kier molecular flexibility index (Phi) is 6.13. The minimum atomic E-state index is -0.563. The third kappa shape index (κ3) is 5.60. The number of anilines is 1. The number of carbonyl (C=O) groups excluding carboxylic acids is 2. The molecule has 0 aliphatic carbocycles. The lowest BCUT2D eigenvalue weighted by Gasteiger charge is -2.09. The summed E-state index contributed by atoms with van der Waals surface area (Å²) in [7, 11) is 0. The molecule has 4 N–H and O–H groups in total. The molecule has 0 aliphatic rings. The first-order valence-electron chi connectivity index (χ1n) is 7.34. The van der Waals surface area contributed by atoms with Gasteiger partial charge in [-0.2, -0.15) is 0 Å². The number of nitrogens with two attached hydrogens (primary N) is 1. The Bertz CT molecular complexity index is 704. The van der Waals surface area contributed by atoms with E-state index in [1.165, 1.54) is 6.07 Å². The van der Waals surface area contributed by atoms with Gasteiger partial charge in [0, 0.05) is 12.2 Å². The van der Waals surface area contributed by atoms with Crippen LogP contribution in [0.5, 0.6) is 5.75 Å². The first-order chi connectivity index (χ1) is 11.5. The number of hydrogen-bond acceptors (Lipinski definition) is 3. The Hall–Kier alpha value is -3.09. The molecular weight excluding hydrogens is 313 g/mol. The number of hydrogen-bond donors (Lipinski definition) is 3. The third-order valence-corrected chi connectivity index (χ3v) is 3.13. The second-order valence-electron chi connectivity index (χ2n) is 5.00. The van der Waals surface area contributed by atoms with E-state index >= 15 is 0 Å². The predicted molar refractivity (Wildman–Crippen MR) is 88.3 cm³/mol. The molecule has 0 heterocycles. The second kappa shape index (κ2) is 8.52.